The lowest BCUT2D eigenvalue weighted by Crippen LogP contribution is -2.35. The van der Waals surface area contributed by atoms with Gasteiger partial charge in [-0.25, -0.2) is 9.97 Å². The lowest BCUT2D eigenvalue weighted by Gasteiger charge is -2.44. The molecule has 0 bridgehead atoms. The van der Waals surface area contributed by atoms with E-state index < -0.39 is 12.2 Å². The Hall–Kier alpha value is -3.50. The minimum absolute atomic E-state index is 0.250. The summed E-state index contributed by atoms with van der Waals surface area (Å²) >= 11 is 3.46. The summed E-state index contributed by atoms with van der Waals surface area (Å²) in [7, 11) is 3.21. The van der Waals surface area contributed by atoms with Crippen LogP contribution in [0.5, 0.6) is 11.5 Å². The van der Waals surface area contributed by atoms with E-state index >= 15 is 0 Å². The highest BCUT2D eigenvalue weighted by Gasteiger charge is 2.50. The van der Waals surface area contributed by atoms with Gasteiger partial charge in [0.05, 0.1) is 38.0 Å². The number of aromatic nitrogens is 2. The normalized spacial score (nSPS) is 28.7. The summed E-state index contributed by atoms with van der Waals surface area (Å²) in [4.78, 5) is 8.62. The molecule has 0 aliphatic heterocycles. The topological polar surface area (TPSA) is 117 Å². The summed E-state index contributed by atoms with van der Waals surface area (Å²) in [6, 6.07) is 11.6. The van der Waals surface area contributed by atoms with Crippen LogP contribution in [0, 0.1) is 29.1 Å². The molecular weight excluding hydrogens is 718 g/mol. The van der Waals surface area contributed by atoms with Gasteiger partial charge in [0.1, 0.15) is 12.1 Å². The summed E-state index contributed by atoms with van der Waals surface area (Å²) in [5.74, 6) is 4.27. The molecule has 7 rings (SSSR count). The number of rotatable bonds is 9. The second-order valence-electron chi connectivity index (χ2n) is 15.3. The largest absolute Gasteiger partial charge is 0.493 e. The van der Waals surface area contributed by atoms with Gasteiger partial charge in [0.25, 0.3) is 0 Å². The fourth-order valence-electron chi connectivity index (χ4n) is 8.81. The van der Waals surface area contributed by atoms with Crippen LogP contribution in [-0.4, -0.2) is 57.8 Å². The Labute approximate surface area is 316 Å². The van der Waals surface area contributed by atoms with E-state index in [4.69, 9.17) is 9.47 Å². The maximum atomic E-state index is 10.2. The van der Waals surface area contributed by atoms with Crippen LogP contribution < -0.4 is 14.8 Å². The Balaban J connectivity index is 0.000000187. The van der Waals surface area contributed by atoms with E-state index in [0.717, 1.165) is 38.6 Å². The number of hydrogen-bond acceptors (Lipinski definition) is 8. The Morgan fingerprint density at radius 2 is 1.79 bits per heavy atom. The van der Waals surface area contributed by atoms with Crippen molar-refractivity contribution in [2.75, 3.05) is 19.5 Å². The molecule has 0 radical (unpaired) electrons. The lowest BCUT2D eigenvalue weighted by atomic mass is 9.61. The molecule has 4 saturated carbocycles. The molecule has 52 heavy (non-hydrogen) atoms. The third-order valence-electron chi connectivity index (χ3n) is 11.9. The molecule has 3 aromatic rings. The van der Waals surface area contributed by atoms with Crippen molar-refractivity contribution in [3.05, 3.63) is 94.8 Å². The van der Waals surface area contributed by atoms with Gasteiger partial charge < -0.3 is 30.1 Å². The molecule has 2 aromatic carbocycles. The molecule has 7 atom stereocenters. The molecule has 4 N–H and O–H groups in total. The van der Waals surface area contributed by atoms with E-state index in [2.05, 4.69) is 75.9 Å². The average molecular weight is 773 g/mol. The number of aliphatic hydroxyl groups is 3. The molecule has 4 fully saturated rings. The number of methoxy groups -OCH3 is 2. The van der Waals surface area contributed by atoms with Crippen LogP contribution >= 0.6 is 15.9 Å². The van der Waals surface area contributed by atoms with Crippen LogP contribution in [0.4, 0.5) is 11.5 Å². The molecule has 0 amide bonds. The summed E-state index contributed by atoms with van der Waals surface area (Å²) in [6.07, 6.45) is 18.4. The summed E-state index contributed by atoms with van der Waals surface area (Å²) < 4.78 is 11.7. The van der Waals surface area contributed by atoms with Crippen molar-refractivity contribution >= 4 is 38.3 Å². The maximum Gasteiger partial charge on any atom is 0.162 e. The van der Waals surface area contributed by atoms with Gasteiger partial charge in [0.15, 0.2) is 11.5 Å². The number of benzene rings is 2. The van der Waals surface area contributed by atoms with Gasteiger partial charge in [0, 0.05) is 28.0 Å². The second-order valence-corrected chi connectivity index (χ2v) is 16.2. The molecule has 278 valence electrons. The molecule has 8 nitrogen and oxygen atoms in total. The highest BCUT2D eigenvalue weighted by atomic mass is 79.9. The predicted octanol–water partition coefficient (Wildman–Crippen LogP) is 9.24. The zero-order valence-electron chi connectivity index (χ0n) is 30.9. The van der Waals surface area contributed by atoms with Crippen molar-refractivity contribution < 1.29 is 24.8 Å². The first-order valence-corrected chi connectivity index (χ1v) is 19.5. The van der Waals surface area contributed by atoms with Gasteiger partial charge in [0.2, 0.25) is 0 Å². The fraction of sp³-hybridized carbons (Fsp3) is 0.488. The molecule has 1 heterocycles. The standard InChI is InChI=1S/C27H40O3.C16H14BrN3O2/c1-17(6-13-25(29)20-8-9-20)23-11-12-24-19(5-4-14-27(23,24)3)7-10-21-15-22(28)16-26(30)18(21)2;1-21-14-7-12-13(8-15(14)22-2)18-9-19-16(12)20-11-5-3-4-10(17)6-11/h6-7,10,13,17,20,22-26,28-30H,2,4-5,8-9,11-12,14-16H2,1,3H3;3-9H,1-2H3,(H,18,19,20)/b13-6+,19-7+,21-10-;/t17-,22-,23-,24+,25-,26+,27-;/m1./s1. The van der Waals surface area contributed by atoms with Gasteiger partial charge in [-0.1, -0.05) is 72.3 Å². The number of halogens is 1. The SMILES string of the molecule is C=C1/C(=C\C=C2/CCC[C@]3(C)[C@@H]([C@H](C)/C=C/[C@@H](O)C4CC4)CC[C@@H]23)C[C@@H](O)C[C@@H]1O.COc1cc2ncnc(Nc3cccc(Br)c3)c2cc1OC. The second kappa shape index (κ2) is 16.7. The first kappa shape index (κ1) is 38.2. The van der Waals surface area contributed by atoms with Gasteiger partial charge in [-0.3, -0.25) is 0 Å². The summed E-state index contributed by atoms with van der Waals surface area (Å²) in [5, 5.41) is 34.5. The number of fused-ring (bicyclic) bond motifs is 2. The molecule has 0 saturated heterocycles. The summed E-state index contributed by atoms with van der Waals surface area (Å²) in [5.41, 5.74) is 5.35. The van der Waals surface area contributed by atoms with Crippen molar-refractivity contribution in [2.24, 2.45) is 29.1 Å². The van der Waals surface area contributed by atoms with E-state index in [9.17, 15) is 15.3 Å². The monoisotopic (exact) mass is 771 g/mol. The summed E-state index contributed by atoms with van der Waals surface area (Å²) in [6.45, 7) is 8.88. The minimum atomic E-state index is -0.621. The smallest absolute Gasteiger partial charge is 0.162 e. The van der Waals surface area contributed by atoms with Crippen LogP contribution in [-0.2, 0) is 0 Å². The third-order valence-corrected chi connectivity index (χ3v) is 12.4. The first-order chi connectivity index (χ1) is 25.0. The number of aliphatic hydroxyl groups excluding tert-OH is 3. The third kappa shape index (κ3) is 8.65. The molecule has 0 unspecified atom stereocenters. The van der Waals surface area contributed by atoms with Crippen molar-refractivity contribution in [2.45, 2.75) is 89.9 Å². The van der Waals surface area contributed by atoms with E-state index in [1.807, 2.05) is 36.4 Å². The number of hydrogen-bond donors (Lipinski definition) is 4. The van der Waals surface area contributed by atoms with Crippen LogP contribution in [0.1, 0.15) is 71.6 Å². The van der Waals surface area contributed by atoms with E-state index in [1.54, 1.807) is 14.2 Å². The fourth-order valence-corrected chi connectivity index (χ4v) is 9.21. The van der Waals surface area contributed by atoms with Gasteiger partial charge in [-0.2, -0.15) is 0 Å². The zero-order chi connectivity index (χ0) is 37.0. The highest BCUT2D eigenvalue weighted by Crippen LogP contribution is 2.59. The van der Waals surface area contributed by atoms with Crippen molar-refractivity contribution in [1.82, 2.24) is 9.97 Å². The van der Waals surface area contributed by atoms with Crippen molar-refractivity contribution in [3.8, 4) is 11.5 Å². The number of ether oxygens (including phenoxy) is 2. The quantitative estimate of drug-likeness (QED) is 0.159. The average Bonchev–Trinajstić information content (AvgIpc) is 3.92. The molecular formula is C43H54BrN3O5. The van der Waals surface area contributed by atoms with E-state index in [-0.39, 0.29) is 6.10 Å². The van der Waals surface area contributed by atoms with Crippen LogP contribution in [0.2, 0.25) is 0 Å². The van der Waals surface area contributed by atoms with E-state index in [0.29, 0.717) is 59.2 Å². The Morgan fingerprint density at radius 3 is 2.52 bits per heavy atom. The van der Waals surface area contributed by atoms with Crippen LogP contribution in [0.15, 0.2) is 94.8 Å². The Bertz CT molecular complexity index is 1840. The number of nitrogens with one attached hydrogen (secondary N) is 1. The van der Waals surface area contributed by atoms with Crippen LogP contribution in [0.3, 0.4) is 0 Å². The van der Waals surface area contributed by atoms with Crippen LogP contribution in [0.25, 0.3) is 10.9 Å². The predicted molar refractivity (Wildman–Crippen MR) is 212 cm³/mol. The van der Waals surface area contributed by atoms with E-state index in [1.165, 1.54) is 50.4 Å². The Kier molecular flexibility index (Phi) is 12.3. The van der Waals surface area contributed by atoms with Crippen molar-refractivity contribution in [1.29, 1.82) is 0 Å². The molecule has 1 aromatic heterocycles. The number of anilines is 2. The number of nitrogens with zero attached hydrogens (tertiary/aromatic N) is 2. The minimum Gasteiger partial charge on any atom is -0.493 e. The molecule has 9 heteroatoms. The number of allylic oxidation sites excluding steroid dienone is 4. The van der Waals surface area contributed by atoms with Gasteiger partial charge in [-0.05, 0) is 116 Å². The maximum absolute atomic E-state index is 10.2. The first-order valence-electron chi connectivity index (χ1n) is 18.7. The highest BCUT2D eigenvalue weighted by molar-refractivity contribution is 9.10. The van der Waals surface area contributed by atoms with Crippen molar-refractivity contribution in [3.63, 3.8) is 0 Å². The lowest BCUT2D eigenvalue weighted by molar-refractivity contribution is 0.0862. The Morgan fingerprint density at radius 1 is 1.02 bits per heavy atom. The molecule has 4 aliphatic carbocycles. The zero-order valence-corrected chi connectivity index (χ0v) is 32.5. The van der Waals surface area contributed by atoms with Gasteiger partial charge in [-0.15, -0.1) is 0 Å². The van der Waals surface area contributed by atoms with Gasteiger partial charge >= 0.3 is 0 Å². The molecule has 4 aliphatic rings. The molecule has 0 spiro atoms.